The maximum Gasteiger partial charge on any atom is 0.287 e. The number of nitrogens with zero attached hydrogens (tertiary/aromatic N) is 1. The summed E-state index contributed by atoms with van der Waals surface area (Å²) in [5, 5.41) is 0. The Hall–Kier alpha value is -2.13. The third-order valence-corrected chi connectivity index (χ3v) is 1.94. The number of hydrogen-bond acceptors (Lipinski definition) is 4. The minimum absolute atomic E-state index is 0.280. The maximum atomic E-state index is 11.2. The van der Waals surface area contributed by atoms with Crippen LogP contribution in [0.15, 0.2) is 23.2 Å². The van der Waals surface area contributed by atoms with Gasteiger partial charge in [0.25, 0.3) is 5.91 Å². The molecule has 0 fully saturated rings. The molecule has 76 valence electrons. The number of carbonyl (C=O) groups is 1. The van der Waals surface area contributed by atoms with Gasteiger partial charge in [0.15, 0.2) is 11.5 Å². The summed E-state index contributed by atoms with van der Waals surface area (Å²) < 4.78 is 10.5. The van der Waals surface area contributed by atoms with Crippen molar-refractivity contribution in [2.45, 2.75) is 0 Å². The van der Waals surface area contributed by atoms with Crippen LogP contribution in [0.3, 0.4) is 0 Å². The Bertz CT molecular complexity index is 449. The summed E-state index contributed by atoms with van der Waals surface area (Å²) in [5.74, 6) is 0.447. The van der Waals surface area contributed by atoms with Crippen molar-refractivity contribution in [2.75, 3.05) is 13.2 Å². The fourth-order valence-corrected chi connectivity index (χ4v) is 1.28. The molecule has 0 radical (unpaired) electrons. The number of benzene rings is 1. The summed E-state index contributed by atoms with van der Waals surface area (Å²) in [6.45, 7) is 0.939. The minimum atomic E-state index is -0.637. The molecule has 0 atom stereocenters. The van der Waals surface area contributed by atoms with Crippen LogP contribution in [-0.2, 0) is 4.79 Å². The second-order valence-electron chi connectivity index (χ2n) is 2.87. The lowest BCUT2D eigenvalue weighted by molar-refractivity contribution is 0.100. The molecule has 0 unspecified atom stereocenters. The summed E-state index contributed by atoms with van der Waals surface area (Å²) in [7, 11) is 0. The van der Waals surface area contributed by atoms with E-state index >= 15 is 0 Å². The Morgan fingerprint density at radius 1 is 1.27 bits per heavy atom. The summed E-state index contributed by atoms with van der Waals surface area (Å²) in [6, 6.07) is 4.64. The highest BCUT2D eigenvalue weighted by atomic mass is 16.6. The van der Waals surface area contributed by atoms with E-state index in [1.54, 1.807) is 6.07 Å². The zero-order chi connectivity index (χ0) is 10.7. The molecular weight excluding hydrogens is 198 g/mol. The third kappa shape index (κ3) is 1.87. The Morgan fingerprint density at radius 3 is 2.73 bits per heavy atom. The topological polar surface area (TPSA) is 65.0 Å². The van der Waals surface area contributed by atoms with E-state index in [1.165, 1.54) is 18.2 Å². The first-order valence-electron chi connectivity index (χ1n) is 4.33. The first kappa shape index (κ1) is 9.43. The number of fused-ring (bicyclic) bond motifs is 1. The van der Waals surface area contributed by atoms with Crippen LogP contribution in [0, 0.1) is 0 Å². The first-order chi connectivity index (χ1) is 7.31. The molecule has 0 aromatic heterocycles. The molecule has 0 saturated carbocycles. The Kier molecular flexibility index (Phi) is 2.48. The number of rotatable bonds is 1. The average Bonchev–Trinajstić information content (AvgIpc) is 2.29. The van der Waals surface area contributed by atoms with Gasteiger partial charge in [0.05, 0.1) is 0 Å². The molecular formula is C10H7NO4. The molecule has 15 heavy (non-hydrogen) atoms. The van der Waals surface area contributed by atoms with Gasteiger partial charge in [0, 0.05) is 5.56 Å². The van der Waals surface area contributed by atoms with Crippen LogP contribution in [0.4, 0.5) is 0 Å². The van der Waals surface area contributed by atoms with Gasteiger partial charge in [0.2, 0.25) is 6.08 Å². The second kappa shape index (κ2) is 3.94. The fourth-order valence-electron chi connectivity index (χ4n) is 1.28. The van der Waals surface area contributed by atoms with E-state index < -0.39 is 5.91 Å². The van der Waals surface area contributed by atoms with Crippen molar-refractivity contribution in [3.05, 3.63) is 23.8 Å². The van der Waals surface area contributed by atoms with Crippen molar-refractivity contribution < 1.29 is 19.1 Å². The van der Waals surface area contributed by atoms with Crippen molar-refractivity contribution in [1.82, 2.24) is 0 Å². The van der Waals surface area contributed by atoms with Crippen molar-refractivity contribution in [3.63, 3.8) is 0 Å². The SMILES string of the molecule is O=C=NC(=O)c1ccc2c(c1)OCCO2. The van der Waals surface area contributed by atoms with Gasteiger partial charge in [-0.3, -0.25) is 4.79 Å². The summed E-state index contributed by atoms with van der Waals surface area (Å²) in [5.41, 5.74) is 0.280. The second-order valence-corrected chi connectivity index (χ2v) is 2.87. The Balaban J connectivity index is 2.35. The molecule has 0 aliphatic carbocycles. The van der Waals surface area contributed by atoms with Gasteiger partial charge in [-0.05, 0) is 18.2 Å². The van der Waals surface area contributed by atoms with Crippen molar-refractivity contribution in [1.29, 1.82) is 0 Å². The largest absolute Gasteiger partial charge is 0.486 e. The van der Waals surface area contributed by atoms with Gasteiger partial charge in [-0.1, -0.05) is 0 Å². The zero-order valence-corrected chi connectivity index (χ0v) is 7.73. The normalized spacial score (nSPS) is 12.8. The molecule has 2 rings (SSSR count). The quantitative estimate of drug-likeness (QED) is 0.505. The van der Waals surface area contributed by atoms with Crippen molar-refractivity contribution >= 4 is 12.0 Å². The number of aliphatic imine (C=N–C) groups is 1. The number of hydrogen-bond donors (Lipinski definition) is 0. The molecule has 1 amide bonds. The molecule has 1 aliphatic heterocycles. The molecule has 0 N–H and O–H groups in total. The highest BCUT2D eigenvalue weighted by Crippen LogP contribution is 2.30. The minimum Gasteiger partial charge on any atom is -0.486 e. The Morgan fingerprint density at radius 2 is 2.00 bits per heavy atom. The lowest BCUT2D eigenvalue weighted by atomic mass is 10.2. The molecule has 0 saturated heterocycles. The summed E-state index contributed by atoms with van der Waals surface area (Å²) in [4.78, 5) is 24.1. The monoisotopic (exact) mass is 205 g/mol. The molecule has 5 heteroatoms. The first-order valence-corrected chi connectivity index (χ1v) is 4.33. The fraction of sp³-hybridized carbons (Fsp3) is 0.200. The van der Waals surface area contributed by atoms with Gasteiger partial charge in [-0.25, -0.2) is 4.79 Å². The summed E-state index contributed by atoms with van der Waals surface area (Å²) >= 11 is 0. The number of amides is 1. The molecule has 1 aliphatic rings. The molecule has 1 heterocycles. The molecule has 1 aromatic rings. The van der Waals surface area contributed by atoms with E-state index in [2.05, 4.69) is 4.99 Å². The van der Waals surface area contributed by atoms with E-state index in [0.717, 1.165) is 0 Å². The molecule has 1 aromatic carbocycles. The highest BCUT2D eigenvalue weighted by Gasteiger charge is 2.14. The summed E-state index contributed by atoms with van der Waals surface area (Å²) in [6.07, 6.45) is 1.20. The van der Waals surface area contributed by atoms with E-state index in [4.69, 9.17) is 9.47 Å². The highest BCUT2D eigenvalue weighted by molar-refractivity contribution is 5.97. The third-order valence-electron chi connectivity index (χ3n) is 1.94. The van der Waals surface area contributed by atoms with Crippen LogP contribution in [-0.4, -0.2) is 25.2 Å². The average molecular weight is 205 g/mol. The van der Waals surface area contributed by atoms with Crippen LogP contribution in [0.2, 0.25) is 0 Å². The lowest BCUT2D eigenvalue weighted by Crippen LogP contribution is -2.15. The molecule has 0 bridgehead atoms. The zero-order valence-electron chi connectivity index (χ0n) is 7.73. The van der Waals surface area contributed by atoms with Gasteiger partial charge in [-0.2, -0.15) is 0 Å². The van der Waals surface area contributed by atoms with Crippen LogP contribution >= 0.6 is 0 Å². The van der Waals surface area contributed by atoms with Gasteiger partial charge >= 0.3 is 0 Å². The van der Waals surface area contributed by atoms with Gasteiger partial charge < -0.3 is 9.47 Å². The smallest absolute Gasteiger partial charge is 0.287 e. The van der Waals surface area contributed by atoms with E-state index in [1.807, 2.05) is 0 Å². The van der Waals surface area contributed by atoms with Crippen molar-refractivity contribution in [2.24, 2.45) is 4.99 Å². The number of carbonyl (C=O) groups excluding carboxylic acids is 2. The predicted octanol–water partition coefficient (Wildman–Crippen LogP) is 0.934. The van der Waals surface area contributed by atoms with Crippen LogP contribution in [0.25, 0.3) is 0 Å². The molecule has 5 nitrogen and oxygen atoms in total. The number of ether oxygens (including phenoxy) is 2. The van der Waals surface area contributed by atoms with Crippen LogP contribution in [0.1, 0.15) is 10.4 Å². The van der Waals surface area contributed by atoms with E-state index in [9.17, 15) is 9.59 Å². The Labute approximate surface area is 85.3 Å². The lowest BCUT2D eigenvalue weighted by Gasteiger charge is -2.18. The van der Waals surface area contributed by atoms with Crippen LogP contribution < -0.4 is 9.47 Å². The van der Waals surface area contributed by atoms with E-state index in [0.29, 0.717) is 24.7 Å². The standard InChI is InChI=1S/C10H7NO4/c12-6-11-10(13)7-1-2-8-9(5-7)15-4-3-14-8/h1-2,5H,3-4H2. The van der Waals surface area contributed by atoms with Gasteiger partial charge in [0.1, 0.15) is 13.2 Å². The van der Waals surface area contributed by atoms with E-state index in [-0.39, 0.29) is 5.56 Å². The van der Waals surface area contributed by atoms with Gasteiger partial charge in [-0.15, -0.1) is 4.99 Å². The maximum absolute atomic E-state index is 11.2. The number of isocyanates is 1. The van der Waals surface area contributed by atoms with Crippen LogP contribution in [0.5, 0.6) is 11.5 Å². The predicted molar refractivity (Wildman–Crippen MR) is 49.9 cm³/mol. The van der Waals surface area contributed by atoms with Crippen molar-refractivity contribution in [3.8, 4) is 11.5 Å². The molecule has 0 spiro atoms.